The number of hydrogen-bond acceptors (Lipinski definition) is 6. The maximum atomic E-state index is 12.5. The van der Waals surface area contributed by atoms with Crippen LogP contribution in [0.2, 0.25) is 0 Å². The van der Waals surface area contributed by atoms with Crippen LogP contribution in [0.25, 0.3) is 11.0 Å². The average molecular weight is 359 g/mol. The van der Waals surface area contributed by atoms with Gasteiger partial charge in [-0.25, -0.2) is 22.9 Å². The average Bonchev–Trinajstić information content (AvgIpc) is 2.61. The summed E-state index contributed by atoms with van der Waals surface area (Å²) in [5.74, 6) is -0.543. The smallest absolute Gasteiger partial charge is 0.336 e. The molecular formula is C16H13N3O5S. The van der Waals surface area contributed by atoms with Gasteiger partial charge in [-0.2, -0.15) is 0 Å². The fourth-order valence-corrected chi connectivity index (χ4v) is 2.90. The highest BCUT2D eigenvalue weighted by Crippen LogP contribution is 2.19. The van der Waals surface area contributed by atoms with E-state index in [1.165, 1.54) is 37.5 Å². The maximum Gasteiger partial charge on any atom is 0.336 e. The molecule has 2 heterocycles. The number of aromatic nitrogens is 1. The van der Waals surface area contributed by atoms with Crippen molar-refractivity contribution in [1.29, 1.82) is 0 Å². The van der Waals surface area contributed by atoms with Crippen LogP contribution in [0.4, 0.5) is 5.69 Å². The molecule has 128 valence electrons. The Balaban J connectivity index is 1.98. The summed E-state index contributed by atoms with van der Waals surface area (Å²) in [5.41, 5.74) is -0.0159. The van der Waals surface area contributed by atoms with Crippen molar-refractivity contribution >= 4 is 32.6 Å². The number of nitrogens with one attached hydrogen (secondary N) is 2. The van der Waals surface area contributed by atoms with Crippen LogP contribution in [0.15, 0.2) is 62.9 Å². The Morgan fingerprint density at radius 2 is 1.96 bits per heavy atom. The Hall–Kier alpha value is -3.04. The normalized spacial score (nSPS) is 11.4. The van der Waals surface area contributed by atoms with E-state index in [0.29, 0.717) is 5.39 Å². The van der Waals surface area contributed by atoms with Gasteiger partial charge in [0.05, 0.1) is 5.56 Å². The highest BCUT2D eigenvalue weighted by atomic mass is 32.2. The molecule has 1 aromatic carbocycles. The molecule has 0 saturated carbocycles. The van der Waals surface area contributed by atoms with Crippen molar-refractivity contribution in [2.75, 3.05) is 12.4 Å². The third kappa shape index (κ3) is 3.42. The SMILES string of the molecule is CNS(=O)(=O)c1cc(NC(=O)c2cccc3ccc(=O)oc23)ccn1. The fraction of sp³-hybridized carbons (Fsp3) is 0.0625. The van der Waals surface area contributed by atoms with Crippen LogP contribution in [0.3, 0.4) is 0 Å². The molecule has 2 N–H and O–H groups in total. The number of para-hydroxylation sites is 1. The van der Waals surface area contributed by atoms with Crippen LogP contribution in [-0.4, -0.2) is 26.4 Å². The first kappa shape index (κ1) is 16.8. The quantitative estimate of drug-likeness (QED) is 0.679. The van der Waals surface area contributed by atoms with Crippen molar-refractivity contribution in [1.82, 2.24) is 9.71 Å². The van der Waals surface area contributed by atoms with Crippen LogP contribution in [0.5, 0.6) is 0 Å². The number of carbonyl (C=O) groups is 1. The lowest BCUT2D eigenvalue weighted by Gasteiger charge is -2.08. The summed E-state index contributed by atoms with van der Waals surface area (Å²) in [6.45, 7) is 0. The van der Waals surface area contributed by atoms with E-state index in [1.807, 2.05) is 0 Å². The number of nitrogens with zero attached hydrogens (tertiary/aromatic N) is 1. The van der Waals surface area contributed by atoms with Gasteiger partial charge in [0, 0.05) is 29.4 Å². The summed E-state index contributed by atoms with van der Waals surface area (Å²) in [5, 5.41) is 2.95. The number of sulfonamides is 1. The minimum absolute atomic E-state index is 0.157. The molecule has 0 fully saturated rings. The van der Waals surface area contributed by atoms with E-state index >= 15 is 0 Å². The van der Waals surface area contributed by atoms with E-state index in [9.17, 15) is 18.0 Å². The molecule has 2 aromatic heterocycles. The molecule has 0 aliphatic heterocycles. The topological polar surface area (TPSA) is 118 Å². The van der Waals surface area contributed by atoms with Crippen molar-refractivity contribution in [2.45, 2.75) is 5.03 Å². The van der Waals surface area contributed by atoms with Crippen molar-refractivity contribution < 1.29 is 17.6 Å². The molecule has 0 aliphatic carbocycles. The molecule has 0 aliphatic rings. The third-order valence-electron chi connectivity index (χ3n) is 3.43. The van der Waals surface area contributed by atoms with Gasteiger partial charge in [0.2, 0.25) is 0 Å². The summed E-state index contributed by atoms with van der Waals surface area (Å²) < 4.78 is 30.8. The molecule has 0 saturated heterocycles. The number of rotatable bonds is 4. The van der Waals surface area contributed by atoms with E-state index in [4.69, 9.17) is 4.42 Å². The summed E-state index contributed by atoms with van der Waals surface area (Å²) in [6, 6.07) is 10.4. The predicted molar refractivity (Wildman–Crippen MR) is 90.9 cm³/mol. The molecule has 25 heavy (non-hydrogen) atoms. The number of pyridine rings is 1. The zero-order valence-corrected chi connectivity index (χ0v) is 13.8. The molecular weight excluding hydrogens is 346 g/mol. The number of amides is 1. The Kier molecular flexibility index (Phi) is 4.34. The van der Waals surface area contributed by atoms with Crippen LogP contribution in [0, 0.1) is 0 Å². The van der Waals surface area contributed by atoms with Gasteiger partial charge in [0.1, 0.15) is 0 Å². The second-order valence-electron chi connectivity index (χ2n) is 5.02. The molecule has 0 unspecified atom stereocenters. The molecule has 0 atom stereocenters. The summed E-state index contributed by atoms with van der Waals surface area (Å²) in [6.07, 6.45) is 1.27. The van der Waals surface area contributed by atoms with E-state index < -0.39 is 21.6 Å². The Labute approximate surface area is 142 Å². The van der Waals surface area contributed by atoms with Crippen LogP contribution in [0.1, 0.15) is 10.4 Å². The molecule has 1 amide bonds. The predicted octanol–water partition coefficient (Wildman–Crippen LogP) is 1.35. The Morgan fingerprint density at radius 1 is 1.16 bits per heavy atom. The van der Waals surface area contributed by atoms with Gasteiger partial charge in [-0.1, -0.05) is 12.1 Å². The van der Waals surface area contributed by atoms with Crippen molar-refractivity contribution in [3.05, 3.63) is 64.6 Å². The van der Waals surface area contributed by atoms with Crippen LogP contribution in [-0.2, 0) is 10.0 Å². The number of anilines is 1. The van der Waals surface area contributed by atoms with Crippen molar-refractivity contribution in [2.24, 2.45) is 0 Å². The first-order chi connectivity index (χ1) is 11.9. The molecule has 3 aromatic rings. The molecule has 3 rings (SSSR count). The monoisotopic (exact) mass is 359 g/mol. The second kappa shape index (κ2) is 6.46. The Bertz CT molecular complexity index is 1120. The minimum Gasteiger partial charge on any atom is -0.422 e. The molecule has 0 spiro atoms. The van der Waals surface area contributed by atoms with Gasteiger partial charge in [-0.15, -0.1) is 0 Å². The standard InChI is InChI=1S/C16H13N3O5S/c1-17-25(22,23)13-9-11(7-8-18-13)19-16(21)12-4-2-3-10-5-6-14(20)24-15(10)12/h2-9,17H,1H3,(H,18,19,21). The van der Waals surface area contributed by atoms with Crippen molar-refractivity contribution in [3.8, 4) is 0 Å². The molecule has 0 radical (unpaired) electrons. The molecule has 9 heteroatoms. The number of benzene rings is 1. The summed E-state index contributed by atoms with van der Waals surface area (Å²) in [4.78, 5) is 27.7. The lowest BCUT2D eigenvalue weighted by molar-refractivity contribution is 0.102. The van der Waals surface area contributed by atoms with E-state index in [-0.39, 0.29) is 21.9 Å². The maximum absolute atomic E-state index is 12.5. The van der Waals surface area contributed by atoms with Gasteiger partial charge >= 0.3 is 5.63 Å². The van der Waals surface area contributed by atoms with E-state index in [2.05, 4.69) is 15.0 Å². The number of hydrogen-bond donors (Lipinski definition) is 2. The third-order valence-corrected chi connectivity index (χ3v) is 4.74. The first-order valence-corrected chi connectivity index (χ1v) is 8.63. The fourth-order valence-electron chi connectivity index (χ4n) is 2.21. The van der Waals surface area contributed by atoms with Gasteiger partial charge in [0.25, 0.3) is 15.9 Å². The van der Waals surface area contributed by atoms with Gasteiger partial charge in [-0.05, 0) is 25.2 Å². The zero-order chi connectivity index (χ0) is 18.0. The molecule has 8 nitrogen and oxygen atoms in total. The van der Waals surface area contributed by atoms with E-state index in [0.717, 1.165) is 0 Å². The zero-order valence-electron chi connectivity index (χ0n) is 13.0. The molecule has 0 bridgehead atoms. The van der Waals surface area contributed by atoms with Crippen molar-refractivity contribution in [3.63, 3.8) is 0 Å². The lowest BCUT2D eigenvalue weighted by atomic mass is 10.1. The second-order valence-corrected chi connectivity index (χ2v) is 6.86. The first-order valence-electron chi connectivity index (χ1n) is 7.14. The number of fused-ring (bicyclic) bond motifs is 1. The van der Waals surface area contributed by atoms with Crippen LogP contribution < -0.4 is 15.7 Å². The summed E-state index contributed by atoms with van der Waals surface area (Å²) in [7, 11) is -2.47. The van der Waals surface area contributed by atoms with Gasteiger partial charge in [0.15, 0.2) is 10.6 Å². The lowest BCUT2D eigenvalue weighted by Crippen LogP contribution is -2.20. The largest absolute Gasteiger partial charge is 0.422 e. The van der Waals surface area contributed by atoms with Crippen LogP contribution >= 0.6 is 0 Å². The Morgan fingerprint density at radius 3 is 2.72 bits per heavy atom. The van der Waals surface area contributed by atoms with Gasteiger partial charge in [-0.3, -0.25) is 4.79 Å². The number of carbonyl (C=O) groups excluding carboxylic acids is 1. The van der Waals surface area contributed by atoms with E-state index in [1.54, 1.807) is 18.2 Å². The minimum atomic E-state index is -3.73. The summed E-state index contributed by atoms with van der Waals surface area (Å²) >= 11 is 0. The van der Waals surface area contributed by atoms with Gasteiger partial charge < -0.3 is 9.73 Å². The highest BCUT2D eigenvalue weighted by Gasteiger charge is 2.16. The highest BCUT2D eigenvalue weighted by molar-refractivity contribution is 7.89.